The maximum atomic E-state index is 12.9. The minimum atomic E-state index is -0.573. The summed E-state index contributed by atoms with van der Waals surface area (Å²) in [4.78, 5) is 27.3. The van der Waals surface area contributed by atoms with Gasteiger partial charge in [0.15, 0.2) is 0 Å². The van der Waals surface area contributed by atoms with Crippen molar-refractivity contribution in [3.8, 4) is 5.75 Å². The second kappa shape index (κ2) is 7.38. The fourth-order valence-corrected chi connectivity index (χ4v) is 3.52. The minimum Gasteiger partial charge on any atom is -0.495 e. The first-order valence-corrected chi connectivity index (χ1v) is 8.83. The molecule has 1 heterocycles. The Morgan fingerprint density at radius 3 is 2.58 bits per heavy atom. The van der Waals surface area contributed by atoms with E-state index in [0.29, 0.717) is 28.6 Å². The first-order chi connectivity index (χ1) is 12.4. The molecule has 6 heteroatoms. The molecule has 0 bridgehead atoms. The zero-order valence-corrected chi connectivity index (χ0v) is 15.7. The summed E-state index contributed by atoms with van der Waals surface area (Å²) in [5, 5.41) is 3.28. The number of amides is 2. The van der Waals surface area contributed by atoms with Crippen molar-refractivity contribution >= 4 is 29.1 Å². The van der Waals surface area contributed by atoms with E-state index < -0.39 is 6.04 Å². The number of carbonyl (C=O) groups excluding carboxylic acids is 2. The van der Waals surface area contributed by atoms with Crippen LogP contribution >= 0.6 is 11.6 Å². The van der Waals surface area contributed by atoms with E-state index in [0.717, 1.165) is 5.56 Å². The highest BCUT2D eigenvalue weighted by Gasteiger charge is 2.37. The van der Waals surface area contributed by atoms with E-state index in [-0.39, 0.29) is 17.7 Å². The molecular weight excluding hydrogens is 352 g/mol. The number of halogens is 1. The molecule has 0 aliphatic carbocycles. The summed E-state index contributed by atoms with van der Waals surface area (Å²) in [7, 11) is 1.53. The Bertz CT molecular complexity index is 851. The summed E-state index contributed by atoms with van der Waals surface area (Å²) in [6.45, 7) is 4.30. The third kappa shape index (κ3) is 3.40. The molecule has 2 amide bonds. The van der Waals surface area contributed by atoms with Crippen LogP contribution in [-0.4, -0.2) is 29.9 Å². The van der Waals surface area contributed by atoms with Crippen LogP contribution in [-0.2, 0) is 11.3 Å². The van der Waals surface area contributed by atoms with Crippen molar-refractivity contribution < 1.29 is 14.3 Å². The second-order valence-electron chi connectivity index (χ2n) is 6.62. The molecule has 5 nitrogen and oxygen atoms in total. The van der Waals surface area contributed by atoms with Crippen molar-refractivity contribution in [1.29, 1.82) is 0 Å². The van der Waals surface area contributed by atoms with E-state index in [1.54, 1.807) is 29.2 Å². The van der Waals surface area contributed by atoms with E-state index in [4.69, 9.17) is 16.3 Å². The molecule has 0 aromatic heterocycles. The lowest BCUT2D eigenvalue weighted by molar-refractivity contribution is -0.122. The monoisotopic (exact) mass is 372 g/mol. The number of anilines is 1. The van der Waals surface area contributed by atoms with Crippen molar-refractivity contribution in [3.63, 3.8) is 0 Å². The van der Waals surface area contributed by atoms with Crippen LogP contribution in [0.2, 0.25) is 5.02 Å². The standard InChI is InChI=1S/C20H21ClN2O3/c1-12(2)18(23-11-13-6-4-5-7-15(13)20(23)25)19(24)22-14-8-9-17(26-3)16(21)10-14/h4-10,12,18H,11H2,1-3H3,(H,22,24). The molecule has 1 N–H and O–H groups in total. The molecule has 1 aliphatic heterocycles. The number of methoxy groups -OCH3 is 1. The summed E-state index contributed by atoms with van der Waals surface area (Å²) in [5.41, 5.74) is 2.18. The summed E-state index contributed by atoms with van der Waals surface area (Å²) >= 11 is 6.13. The van der Waals surface area contributed by atoms with Gasteiger partial charge in [0.05, 0.1) is 12.1 Å². The molecule has 26 heavy (non-hydrogen) atoms. The first kappa shape index (κ1) is 18.3. The van der Waals surface area contributed by atoms with Crippen LogP contribution in [0.1, 0.15) is 29.8 Å². The fraction of sp³-hybridized carbons (Fsp3) is 0.300. The maximum Gasteiger partial charge on any atom is 0.255 e. The van der Waals surface area contributed by atoms with E-state index in [2.05, 4.69) is 5.32 Å². The number of fused-ring (bicyclic) bond motifs is 1. The van der Waals surface area contributed by atoms with E-state index >= 15 is 0 Å². The number of nitrogens with zero attached hydrogens (tertiary/aromatic N) is 1. The topological polar surface area (TPSA) is 58.6 Å². The zero-order valence-electron chi connectivity index (χ0n) is 15.0. The minimum absolute atomic E-state index is 0.0398. The second-order valence-corrected chi connectivity index (χ2v) is 7.02. The quantitative estimate of drug-likeness (QED) is 0.864. The van der Waals surface area contributed by atoms with Crippen LogP contribution in [0.5, 0.6) is 5.75 Å². The number of hydrogen-bond acceptors (Lipinski definition) is 3. The summed E-state index contributed by atoms with van der Waals surface area (Å²) in [6.07, 6.45) is 0. The Balaban J connectivity index is 1.82. The van der Waals surface area contributed by atoms with Gasteiger partial charge in [-0.2, -0.15) is 0 Å². The Morgan fingerprint density at radius 2 is 1.96 bits per heavy atom. The lowest BCUT2D eigenvalue weighted by Crippen LogP contribution is -2.47. The fourth-order valence-electron chi connectivity index (χ4n) is 3.27. The van der Waals surface area contributed by atoms with Crippen LogP contribution < -0.4 is 10.1 Å². The van der Waals surface area contributed by atoms with Gasteiger partial charge >= 0.3 is 0 Å². The predicted molar refractivity (Wildman–Crippen MR) is 102 cm³/mol. The molecule has 2 aromatic rings. The normalized spacial score (nSPS) is 14.3. The number of hydrogen-bond donors (Lipinski definition) is 1. The Morgan fingerprint density at radius 1 is 1.23 bits per heavy atom. The molecule has 136 valence electrons. The molecule has 2 aromatic carbocycles. The number of rotatable bonds is 5. The number of nitrogens with one attached hydrogen (secondary N) is 1. The largest absolute Gasteiger partial charge is 0.495 e. The van der Waals surface area contributed by atoms with Crippen LogP contribution in [0.3, 0.4) is 0 Å². The first-order valence-electron chi connectivity index (χ1n) is 8.45. The molecule has 1 unspecified atom stereocenters. The van der Waals surface area contributed by atoms with Gasteiger partial charge in [0.1, 0.15) is 11.8 Å². The lowest BCUT2D eigenvalue weighted by Gasteiger charge is -2.30. The van der Waals surface area contributed by atoms with Crippen molar-refractivity contribution in [1.82, 2.24) is 4.90 Å². The average Bonchev–Trinajstić information content (AvgIpc) is 2.92. The molecule has 0 radical (unpaired) electrons. The zero-order chi connectivity index (χ0) is 18.8. The van der Waals surface area contributed by atoms with Gasteiger partial charge in [-0.1, -0.05) is 43.6 Å². The van der Waals surface area contributed by atoms with Gasteiger partial charge in [-0.15, -0.1) is 0 Å². The Kier molecular flexibility index (Phi) is 5.18. The van der Waals surface area contributed by atoms with Gasteiger partial charge in [0.2, 0.25) is 5.91 Å². The van der Waals surface area contributed by atoms with Gasteiger partial charge < -0.3 is 15.0 Å². The van der Waals surface area contributed by atoms with Gasteiger partial charge in [-0.05, 0) is 35.7 Å². The van der Waals surface area contributed by atoms with Crippen molar-refractivity contribution in [2.75, 3.05) is 12.4 Å². The number of benzene rings is 2. The third-order valence-electron chi connectivity index (χ3n) is 4.50. The highest BCUT2D eigenvalue weighted by molar-refractivity contribution is 6.32. The summed E-state index contributed by atoms with van der Waals surface area (Å²) < 4.78 is 5.12. The van der Waals surface area contributed by atoms with Gasteiger partial charge in [0, 0.05) is 17.8 Å². The summed E-state index contributed by atoms with van der Waals surface area (Å²) in [6, 6.07) is 11.9. The molecule has 0 fully saturated rings. The highest BCUT2D eigenvalue weighted by Crippen LogP contribution is 2.30. The lowest BCUT2D eigenvalue weighted by atomic mass is 10.0. The van der Waals surface area contributed by atoms with Gasteiger partial charge in [-0.25, -0.2) is 0 Å². The predicted octanol–water partition coefficient (Wildman–Crippen LogP) is 3.97. The van der Waals surface area contributed by atoms with E-state index in [1.807, 2.05) is 32.0 Å². The molecular formula is C20H21ClN2O3. The molecule has 0 spiro atoms. The van der Waals surface area contributed by atoms with Gasteiger partial charge in [-0.3, -0.25) is 9.59 Å². The average molecular weight is 373 g/mol. The maximum absolute atomic E-state index is 12.9. The van der Waals surface area contributed by atoms with E-state index in [1.165, 1.54) is 7.11 Å². The molecule has 3 rings (SSSR count). The highest BCUT2D eigenvalue weighted by atomic mass is 35.5. The van der Waals surface area contributed by atoms with E-state index in [9.17, 15) is 9.59 Å². The molecule has 0 saturated carbocycles. The number of carbonyl (C=O) groups is 2. The third-order valence-corrected chi connectivity index (χ3v) is 4.80. The molecule has 1 aliphatic rings. The van der Waals surface area contributed by atoms with Crippen LogP contribution in [0.25, 0.3) is 0 Å². The molecule has 0 saturated heterocycles. The van der Waals surface area contributed by atoms with Crippen LogP contribution in [0.15, 0.2) is 42.5 Å². The van der Waals surface area contributed by atoms with Crippen molar-refractivity contribution in [3.05, 3.63) is 58.6 Å². The number of ether oxygens (including phenoxy) is 1. The summed E-state index contributed by atoms with van der Waals surface area (Å²) in [5.74, 6) is 0.154. The Hall–Kier alpha value is -2.53. The Labute approximate surface area is 157 Å². The van der Waals surface area contributed by atoms with Crippen molar-refractivity contribution in [2.45, 2.75) is 26.4 Å². The van der Waals surface area contributed by atoms with Gasteiger partial charge in [0.25, 0.3) is 5.91 Å². The smallest absolute Gasteiger partial charge is 0.255 e. The molecule has 1 atom stereocenters. The SMILES string of the molecule is COc1ccc(NC(=O)C(C(C)C)N2Cc3ccccc3C2=O)cc1Cl. The van der Waals surface area contributed by atoms with Crippen molar-refractivity contribution in [2.24, 2.45) is 5.92 Å². The van der Waals surface area contributed by atoms with Crippen LogP contribution in [0, 0.1) is 5.92 Å². The van der Waals surface area contributed by atoms with Crippen LogP contribution in [0.4, 0.5) is 5.69 Å².